The fourth-order valence-electron chi connectivity index (χ4n) is 3.61. The lowest BCUT2D eigenvalue weighted by Gasteiger charge is -2.22. The van der Waals surface area contributed by atoms with Gasteiger partial charge in [-0.15, -0.1) is 0 Å². The van der Waals surface area contributed by atoms with Gasteiger partial charge in [-0.1, -0.05) is 35.6 Å². The number of ether oxygens (including phenoxy) is 1. The molecule has 156 valence electrons. The summed E-state index contributed by atoms with van der Waals surface area (Å²) in [6, 6.07) is 14.4. The summed E-state index contributed by atoms with van der Waals surface area (Å²) in [6.07, 6.45) is 3.25. The molecule has 2 saturated heterocycles. The number of amides is 2. The van der Waals surface area contributed by atoms with Crippen molar-refractivity contribution < 1.29 is 19.1 Å². The Bertz CT molecular complexity index is 1190. The number of rotatable bonds is 4. The number of hydrogen-bond acceptors (Lipinski definition) is 8. The minimum absolute atomic E-state index is 0.306. The van der Waals surface area contributed by atoms with Crippen LogP contribution in [0.4, 0.5) is 9.93 Å². The SMILES string of the molecule is O=C1NC(=O)/C(=C/c2ccc(OC(=O)[C@@H]3CCCN3c3nc4ccccc4s3)cc2)S1. The van der Waals surface area contributed by atoms with Crippen LogP contribution in [0.2, 0.25) is 0 Å². The van der Waals surface area contributed by atoms with Crippen molar-refractivity contribution in [1.82, 2.24) is 10.3 Å². The van der Waals surface area contributed by atoms with E-state index in [4.69, 9.17) is 4.74 Å². The molecule has 2 amide bonds. The van der Waals surface area contributed by atoms with Crippen LogP contribution in [-0.4, -0.2) is 34.7 Å². The standard InChI is InChI=1S/C22H17N3O4S2/c26-19-18(31-22(28)24-19)12-13-7-9-14(10-8-13)29-20(27)16-5-3-11-25(16)21-23-15-4-1-2-6-17(15)30-21/h1-2,4,6-10,12,16H,3,5,11H2,(H,24,26,28)/b18-12-/t16-/m0/s1. The monoisotopic (exact) mass is 451 g/mol. The largest absolute Gasteiger partial charge is 0.425 e. The fourth-order valence-corrected chi connectivity index (χ4v) is 5.34. The molecule has 2 aliphatic rings. The van der Waals surface area contributed by atoms with Crippen molar-refractivity contribution in [1.29, 1.82) is 0 Å². The first-order valence-corrected chi connectivity index (χ1v) is 11.4. The van der Waals surface area contributed by atoms with E-state index < -0.39 is 5.91 Å². The van der Waals surface area contributed by atoms with Gasteiger partial charge in [0.1, 0.15) is 11.8 Å². The third-order valence-electron chi connectivity index (χ3n) is 5.09. The van der Waals surface area contributed by atoms with E-state index in [0.29, 0.717) is 10.7 Å². The zero-order valence-electron chi connectivity index (χ0n) is 16.2. The van der Waals surface area contributed by atoms with Gasteiger partial charge in [-0.2, -0.15) is 0 Å². The molecule has 0 bridgehead atoms. The summed E-state index contributed by atoms with van der Waals surface area (Å²) >= 11 is 2.45. The Labute approximate surface area is 186 Å². The zero-order chi connectivity index (χ0) is 21.4. The van der Waals surface area contributed by atoms with E-state index in [1.807, 2.05) is 29.2 Å². The number of carbonyl (C=O) groups excluding carboxylic acids is 3. The lowest BCUT2D eigenvalue weighted by Crippen LogP contribution is -2.38. The van der Waals surface area contributed by atoms with Gasteiger partial charge in [0.05, 0.1) is 15.1 Å². The molecule has 0 radical (unpaired) electrons. The molecule has 5 rings (SSSR count). The molecule has 0 saturated carbocycles. The predicted molar refractivity (Wildman–Crippen MR) is 121 cm³/mol. The van der Waals surface area contributed by atoms with Crippen molar-refractivity contribution in [2.75, 3.05) is 11.4 Å². The van der Waals surface area contributed by atoms with E-state index in [9.17, 15) is 14.4 Å². The number of thiazole rings is 1. The van der Waals surface area contributed by atoms with Crippen LogP contribution in [0.5, 0.6) is 5.75 Å². The summed E-state index contributed by atoms with van der Waals surface area (Å²) in [5.74, 6) is -0.274. The number of imide groups is 1. The molecule has 9 heteroatoms. The highest BCUT2D eigenvalue weighted by atomic mass is 32.2. The van der Waals surface area contributed by atoms with Crippen molar-refractivity contribution in [3.05, 3.63) is 59.0 Å². The van der Waals surface area contributed by atoms with Crippen molar-refractivity contribution in [3.63, 3.8) is 0 Å². The number of carbonyl (C=O) groups is 3. The van der Waals surface area contributed by atoms with E-state index in [-0.39, 0.29) is 17.3 Å². The molecule has 1 aromatic heterocycles. The minimum Gasteiger partial charge on any atom is -0.425 e. The summed E-state index contributed by atoms with van der Waals surface area (Å²) in [5, 5.41) is 2.68. The Morgan fingerprint density at radius 1 is 1.16 bits per heavy atom. The molecule has 0 spiro atoms. The molecule has 31 heavy (non-hydrogen) atoms. The molecule has 0 unspecified atom stereocenters. The van der Waals surface area contributed by atoms with Gasteiger partial charge in [-0.25, -0.2) is 9.78 Å². The number of esters is 1. The van der Waals surface area contributed by atoms with Crippen LogP contribution in [-0.2, 0) is 9.59 Å². The molecule has 3 heterocycles. The molecule has 2 aliphatic heterocycles. The maximum atomic E-state index is 12.9. The quantitative estimate of drug-likeness (QED) is 0.361. The number of fused-ring (bicyclic) bond motifs is 1. The number of anilines is 1. The third-order valence-corrected chi connectivity index (χ3v) is 6.98. The number of para-hydroxylation sites is 1. The molecule has 7 nitrogen and oxygen atoms in total. The predicted octanol–water partition coefficient (Wildman–Crippen LogP) is 4.19. The van der Waals surface area contributed by atoms with Gasteiger partial charge in [-0.05, 0) is 60.5 Å². The van der Waals surface area contributed by atoms with Crippen LogP contribution < -0.4 is 15.0 Å². The lowest BCUT2D eigenvalue weighted by molar-refractivity contribution is -0.135. The third kappa shape index (κ3) is 4.06. The van der Waals surface area contributed by atoms with Crippen molar-refractivity contribution in [2.24, 2.45) is 0 Å². The molecule has 3 aromatic rings. The average Bonchev–Trinajstić information content (AvgIpc) is 3.47. The van der Waals surface area contributed by atoms with Crippen LogP contribution in [0.1, 0.15) is 18.4 Å². The first kappa shape index (κ1) is 19.8. The van der Waals surface area contributed by atoms with Crippen molar-refractivity contribution in [2.45, 2.75) is 18.9 Å². The summed E-state index contributed by atoms with van der Waals surface area (Å²) in [6.45, 7) is 0.768. The van der Waals surface area contributed by atoms with Gasteiger partial charge in [0.15, 0.2) is 5.13 Å². The van der Waals surface area contributed by atoms with Crippen molar-refractivity contribution in [3.8, 4) is 5.75 Å². The van der Waals surface area contributed by atoms with Gasteiger partial charge in [0, 0.05) is 6.54 Å². The first-order chi connectivity index (χ1) is 15.1. The lowest BCUT2D eigenvalue weighted by atomic mass is 10.2. The molecule has 1 N–H and O–H groups in total. The Morgan fingerprint density at radius 3 is 2.71 bits per heavy atom. The Balaban J connectivity index is 1.28. The number of hydrogen-bond donors (Lipinski definition) is 1. The van der Waals surface area contributed by atoms with Crippen LogP contribution in [0.25, 0.3) is 16.3 Å². The van der Waals surface area contributed by atoms with E-state index in [1.165, 1.54) is 0 Å². The fraction of sp³-hybridized carbons (Fsp3) is 0.182. The summed E-state index contributed by atoms with van der Waals surface area (Å²) in [7, 11) is 0. The van der Waals surface area contributed by atoms with Crippen LogP contribution in [0.15, 0.2) is 53.4 Å². The number of nitrogens with zero attached hydrogens (tertiary/aromatic N) is 2. The summed E-state index contributed by atoms with van der Waals surface area (Å²) < 4.78 is 6.72. The highest BCUT2D eigenvalue weighted by molar-refractivity contribution is 8.18. The maximum Gasteiger partial charge on any atom is 0.334 e. The van der Waals surface area contributed by atoms with Crippen LogP contribution in [0, 0.1) is 0 Å². The molecule has 0 aliphatic carbocycles. The summed E-state index contributed by atoms with van der Waals surface area (Å²) in [5.41, 5.74) is 1.67. The molecule has 1 atom stereocenters. The Morgan fingerprint density at radius 2 is 1.97 bits per heavy atom. The minimum atomic E-state index is -0.401. The van der Waals surface area contributed by atoms with Gasteiger partial charge >= 0.3 is 5.97 Å². The second-order valence-corrected chi connectivity index (χ2v) is 9.18. The second-order valence-electron chi connectivity index (χ2n) is 7.16. The normalized spacial score (nSPS) is 19.9. The maximum absolute atomic E-state index is 12.9. The molecule has 2 fully saturated rings. The first-order valence-electron chi connectivity index (χ1n) is 9.76. The number of nitrogens with one attached hydrogen (secondary N) is 1. The van der Waals surface area contributed by atoms with Crippen LogP contribution in [0.3, 0.4) is 0 Å². The van der Waals surface area contributed by atoms with E-state index in [0.717, 1.165) is 52.1 Å². The number of benzene rings is 2. The number of aromatic nitrogens is 1. The number of thioether (sulfide) groups is 1. The smallest absolute Gasteiger partial charge is 0.334 e. The van der Waals surface area contributed by atoms with Gasteiger partial charge in [0.25, 0.3) is 11.1 Å². The summed E-state index contributed by atoms with van der Waals surface area (Å²) in [4.78, 5) is 42.8. The van der Waals surface area contributed by atoms with E-state index in [1.54, 1.807) is 41.7 Å². The highest BCUT2D eigenvalue weighted by Gasteiger charge is 2.34. The molecule has 2 aromatic carbocycles. The van der Waals surface area contributed by atoms with Crippen molar-refractivity contribution >= 4 is 61.6 Å². The van der Waals surface area contributed by atoms with Crippen LogP contribution >= 0.6 is 23.1 Å². The topological polar surface area (TPSA) is 88.6 Å². The average molecular weight is 452 g/mol. The molecular formula is C22H17N3O4S2. The van der Waals surface area contributed by atoms with E-state index >= 15 is 0 Å². The zero-order valence-corrected chi connectivity index (χ0v) is 17.9. The Hall–Kier alpha value is -3.17. The molecular weight excluding hydrogens is 434 g/mol. The highest BCUT2D eigenvalue weighted by Crippen LogP contribution is 2.34. The van der Waals surface area contributed by atoms with Gasteiger partial charge in [0.2, 0.25) is 0 Å². The Kier molecular flexibility index (Phi) is 5.21. The second kappa shape index (κ2) is 8.16. The van der Waals surface area contributed by atoms with Gasteiger partial charge < -0.3 is 9.64 Å². The van der Waals surface area contributed by atoms with Gasteiger partial charge in [-0.3, -0.25) is 14.9 Å². The van der Waals surface area contributed by atoms with E-state index in [2.05, 4.69) is 10.3 Å².